The molecule has 0 saturated carbocycles. The van der Waals surface area contributed by atoms with Crippen LogP contribution in [0.3, 0.4) is 0 Å². The summed E-state index contributed by atoms with van der Waals surface area (Å²) in [4.78, 5) is 13.4. The van der Waals surface area contributed by atoms with Gasteiger partial charge in [-0.3, -0.25) is 4.79 Å². The molecule has 0 radical (unpaired) electrons. The van der Waals surface area contributed by atoms with Gasteiger partial charge in [0.2, 0.25) is 5.91 Å². The maximum Gasteiger partial charge on any atom is 0.220 e. The molecule has 2 heterocycles. The normalized spacial score (nSPS) is 22.2. The Labute approximate surface area is 595 Å². The standard InChI is InChI=1S/C83H157NO13/c1-3-5-7-9-11-13-15-17-19-21-23-25-27-29-31-33-34-35-36-37-39-41-43-45-47-49-51-53-55-57-59-61-63-65-67-75(88)84-71(70-94-82-80(93)78(91)81(74(69-86)96-82)97-83-79(92)77(90)76(89)73(68-85)95-83)72(87)66-64-62-60-58-56-54-52-50-48-46-44-42-40-38-32-30-28-26-24-22-20-18-16-14-12-10-8-6-4-2/h48,50,56,58,64,66,71-74,76-83,85-87,89-93H,3-47,49,51-55,57,59-63,65,67-70H2,1-2H3,(H,84,88)/b50-48+,58-56+,66-64+. The van der Waals surface area contributed by atoms with Crippen LogP contribution in [0.4, 0.5) is 0 Å². The Balaban J connectivity index is 1.61. The van der Waals surface area contributed by atoms with Gasteiger partial charge in [0.1, 0.15) is 48.8 Å². The van der Waals surface area contributed by atoms with Crippen molar-refractivity contribution in [2.75, 3.05) is 19.8 Å². The van der Waals surface area contributed by atoms with Crippen molar-refractivity contribution < 1.29 is 64.6 Å². The smallest absolute Gasteiger partial charge is 0.220 e. The first-order chi connectivity index (χ1) is 47.6. The Morgan fingerprint density at radius 1 is 0.361 bits per heavy atom. The van der Waals surface area contributed by atoms with E-state index in [9.17, 15) is 45.6 Å². The van der Waals surface area contributed by atoms with Crippen molar-refractivity contribution in [3.8, 4) is 0 Å². The molecule has 9 N–H and O–H groups in total. The zero-order valence-corrected chi connectivity index (χ0v) is 62.9. The summed E-state index contributed by atoms with van der Waals surface area (Å²) in [7, 11) is 0. The Morgan fingerprint density at radius 2 is 0.660 bits per heavy atom. The summed E-state index contributed by atoms with van der Waals surface area (Å²) in [6.07, 6.45) is 72.5. The number of carbonyl (C=O) groups is 1. The van der Waals surface area contributed by atoms with Crippen LogP contribution in [0.5, 0.6) is 0 Å². The predicted molar refractivity (Wildman–Crippen MR) is 401 cm³/mol. The van der Waals surface area contributed by atoms with E-state index in [1.807, 2.05) is 6.08 Å². The van der Waals surface area contributed by atoms with E-state index in [-0.39, 0.29) is 18.9 Å². The molecule has 97 heavy (non-hydrogen) atoms. The summed E-state index contributed by atoms with van der Waals surface area (Å²) in [5.41, 5.74) is 0. The number of ether oxygens (including phenoxy) is 4. The Hall–Kier alpha value is -1.79. The van der Waals surface area contributed by atoms with Crippen LogP contribution >= 0.6 is 0 Å². The lowest BCUT2D eigenvalue weighted by atomic mass is 9.97. The van der Waals surface area contributed by atoms with Gasteiger partial charge < -0.3 is 65.1 Å². The summed E-state index contributed by atoms with van der Waals surface area (Å²) in [5.74, 6) is -0.245. The minimum atomic E-state index is -1.79. The minimum absolute atomic E-state index is 0.245. The van der Waals surface area contributed by atoms with Crippen molar-refractivity contribution >= 4 is 5.91 Å². The number of unbranched alkanes of at least 4 members (excludes halogenated alkanes) is 54. The van der Waals surface area contributed by atoms with Crippen LogP contribution in [0.2, 0.25) is 0 Å². The fraction of sp³-hybridized carbons (Fsp3) is 0.916. The molecule has 2 rings (SSSR count). The zero-order chi connectivity index (χ0) is 70.1. The van der Waals surface area contributed by atoms with Gasteiger partial charge in [-0.1, -0.05) is 378 Å². The third-order valence-electron chi connectivity index (χ3n) is 20.6. The number of aliphatic hydroxyl groups is 8. The molecule has 0 spiro atoms. The largest absolute Gasteiger partial charge is 0.394 e. The SMILES string of the molecule is CCCCCCCCCCCCCCCCCCCCC/C=C/CC/C=C/CC/C=C/C(O)C(COC1OC(CO)C(OC2OC(CO)C(O)C(O)C2O)C(O)C1O)NC(=O)CCCCCCCCCCCCCCCCCCCCCCCCCCCCCCCCCCCC. The van der Waals surface area contributed by atoms with E-state index < -0.39 is 86.8 Å². The maximum atomic E-state index is 13.4. The lowest BCUT2D eigenvalue weighted by Crippen LogP contribution is -2.65. The molecule has 0 bridgehead atoms. The molecule has 14 nitrogen and oxygen atoms in total. The quantitative estimate of drug-likeness (QED) is 0.0204. The molecule has 0 aliphatic carbocycles. The van der Waals surface area contributed by atoms with Gasteiger partial charge in [0.25, 0.3) is 0 Å². The molecule has 572 valence electrons. The maximum absolute atomic E-state index is 13.4. The molecule has 0 aromatic heterocycles. The van der Waals surface area contributed by atoms with Gasteiger partial charge in [-0.2, -0.15) is 0 Å². The van der Waals surface area contributed by atoms with Gasteiger partial charge in [0.05, 0.1) is 32.0 Å². The van der Waals surface area contributed by atoms with Crippen LogP contribution in [0.1, 0.15) is 393 Å². The fourth-order valence-corrected chi connectivity index (χ4v) is 14.0. The second kappa shape index (κ2) is 67.4. The van der Waals surface area contributed by atoms with Crippen molar-refractivity contribution in [1.82, 2.24) is 5.32 Å². The van der Waals surface area contributed by atoms with E-state index in [2.05, 4.69) is 43.5 Å². The van der Waals surface area contributed by atoms with E-state index >= 15 is 0 Å². The molecule has 0 aromatic rings. The van der Waals surface area contributed by atoms with Gasteiger partial charge in [0.15, 0.2) is 12.6 Å². The van der Waals surface area contributed by atoms with Crippen molar-refractivity contribution in [2.45, 2.75) is 466 Å². The van der Waals surface area contributed by atoms with Crippen molar-refractivity contribution in [3.05, 3.63) is 36.5 Å². The van der Waals surface area contributed by atoms with E-state index in [4.69, 9.17) is 18.9 Å². The number of hydrogen-bond donors (Lipinski definition) is 9. The third-order valence-corrected chi connectivity index (χ3v) is 20.6. The summed E-state index contributed by atoms with van der Waals surface area (Å²) in [6.45, 7) is 2.85. The molecular weight excluding hydrogens is 1220 g/mol. The lowest BCUT2D eigenvalue weighted by Gasteiger charge is -2.46. The van der Waals surface area contributed by atoms with E-state index in [0.717, 1.165) is 44.9 Å². The highest BCUT2D eigenvalue weighted by Gasteiger charge is 2.51. The van der Waals surface area contributed by atoms with Crippen LogP contribution in [0.15, 0.2) is 36.5 Å². The van der Waals surface area contributed by atoms with Crippen molar-refractivity contribution in [1.29, 1.82) is 0 Å². The van der Waals surface area contributed by atoms with Gasteiger partial charge in [-0.05, 0) is 44.9 Å². The molecule has 2 saturated heterocycles. The highest BCUT2D eigenvalue weighted by atomic mass is 16.7. The number of amides is 1. The second-order valence-electron chi connectivity index (χ2n) is 29.6. The summed E-state index contributed by atoms with van der Waals surface area (Å²) >= 11 is 0. The summed E-state index contributed by atoms with van der Waals surface area (Å²) < 4.78 is 22.9. The number of rotatable bonds is 71. The fourth-order valence-electron chi connectivity index (χ4n) is 14.0. The molecule has 12 atom stereocenters. The number of aliphatic hydroxyl groups excluding tert-OH is 8. The Bertz CT molecular complexity index is 1770. The molecule has 0 aromatic carbocycles. The monoisotopic (exact) mass is 1380 g/mol. The highest BCUT2D eigenvalue weighted by molar-refractivity contribution is 5.76. The van der Waals surface area contributed by atoms with Crippen LogP contribution < -0.4 is 5.32 Å². The molecule has 2 aliphatic heterocycles. The van der Waals surface area contributed by atoms with Gasteiger partial charge in [-0.15, -0.1) is 0 Å². The van der Waals surface area contributed by atoms with Crippen LogP contribution in [0.25, 0.3) is 0 Å². The minimum Gasteiger partial charge on any atom is -0.394 e. The molecule has 2 aliphatic rings. The Morgan fingerprint density at radius 3 is 1.01 bits per heavy atom. The predicted octanol–water partition coefficient (Wildman–Crippen LogP) is 19.2. The summed E-state index contributed by atoms with van der Waals surface area (Å²) in [6, 6.07) is -0.938. The van der Waals surface area contributed by atoms with Crippen LogP contribution in [-0.2, 0) is 23.7 Å². The first-order valence-electron chi connectivity index (χ1n) is 41.7. The third kappa shape index (κ3) is 50.3. The van der Waals surface area contributed by atoms with Crippen LogP contribution in [-0.4, -0.2) is 140 Å². The van der Waals surface area contributed by atoms with Crippen molar-refractivity contribution in [2.24, 2.45) is 0 Å². The molecule has 1 amide bonds. The number of nitrogens with one attached hydrogen (secondary N) is 1. The average molecular weight is 1380 g/mol. The molecule has 14 heteroatoms. The zero-order valence-electron chi connectivity index (χ0n) is 62.9. The van der Waals surface area contributed by atoms with E-state index in [0.29, 0.717) is 12.8 Å². The van der Waals surface area contributed by atoms with Crippen molar-refractivity contribution in [3.63, 3.8) is 0 Å². The topological polar surface area (TPSA) is 228 Å². The molecule has 12 unspecified atom stereocenters. The van der Waals surface area contributed by atoms with Gasteiger partial charge in [0, 0.05) is 6.42 Å². The first kappa shape index (κ1) is 91.3. The molecular formula is C83H157NO13. The number of allylic oxidation sites excluding steroid dienone is 5. The number of hydrogen-bond acceptors (Lipinski definition) is 13. The van der Waals surface area contributed by atoms with E-state index in [1.165, 1.54) is 315 Å². The second-order valence-corrected chi connectivity index (χ2v) is 29.6. The highest BCUT2D eigenvalue weighted by Crippen LogP contribution is 2.30. The first-order valence-corrected chi connectivity index (χ1v) is 41.7. The lowest BCUT2D eigenvalue weighted by molar-refractivity contribution is -0.359. The van der Waals surface area contributed by atoms with E-state index in [1.54, 1.807) is 6.08 Å². The average Bonchev–Trinajstić information content (AvgIpc) is 0.794. The Kier molecular flexibility index (Phi) is 63.4. The van der Waals surface area contributed by atoms with Gasteiger partial charge >= 0.3 is 0 Å². The van der Waals surface area contributed by atoms with Crippen LogP contribution in [0, 0.1) is 0 Å². The molecule has 2 fully saturated rings. The summed E-state index contributed by atoms with van der Waals surface area (Å²) in [5, 5.41) is 87.7. The van der Waals surface area contributed by atoms with Gasteiger partial charge in [-0.25, -0.2) is 0 Å². The number of carbonyl (C=O) groups excluding carboxylic acids is 1.